The van der Waals surface area contributed by atoms with Crippen LogP contribution in [0.15, 0.2) is 36.4 Å². The number of esters is 3. The Balaban J connectivity index is 1.36. The number of carbonyl (C=O) groups is 3. The van der Waals surface area contributed by atoms with E-state index in [4.69, 9.17) is 18.9 Å². The Hall–Kier alpha value is -4.17. The number of aliphatic hydroxyl groups is 2. The van der Waals surface area contributed by atoms with Crippen LogP contribution in [0.4, 0.5) is 5.69 Å². The zero-order valence-corrected chi connectivity index (χ0v) is 35.6. The van der Waals surface area contributed by atoms with E-state index in [-0.39, 0.29) is 12.0 Å². The molecule has 1 aromatic heterocycles. The third-order valence-corrected chi connectivity index (χ3v) is 16.0. The Morgan fingerprint density at radius 3 is 2.37 bits per heavy atom. The first-order valence-electron chi connectivity index (χ1n) is 21.5. The van der Waals surface area contributed by atoms with Crippen LogP contribution in [-0.4, -0.2) is 133 Å². The topological polar surface area (TPSA) is 154 Å². The van der Waals surface area contributed by atoms with E-state index in [1.165, 1.54) is 21.1 Å². The number of para-hydroxylation sites is 1. The quantitative estimate of drug-likeness (QED) is 0.232. The summed E-state index contributed by atoms with van der Waals surface area (Å²) in [6.45, 7) is 8.95. The number of hydrogen-bond donors (Lipinski definition) is 3. The van der Waals surface area contributed by atoms with Gasteiger partial charge in [-0.3, -0.25) is 19.4 Å². The summed E-state index contributed by atoms with van der Waals surface area (Å²) in [5.41, 5.74) is -1.21. The van der Waals surface area contributed by atoms with Gasteiger partial charge in [-0.15, -0.1) is 0 Å². The maximum Gasteiger partial charge on any atom is 0.344 e. The van der Waals surface area contributed by atoms with Crippen molar-refractivity contribution in [1.29, 1.82) is 0 Å². The van der Waals surface area contributed by atoms with Gasteiger partial charge >= 0.3 is 17.9 Å². The number of aromatic amines is 1. The average molecular weight is 813 g/mol. The molecule has 4 fully saturated rings. The molecule has 6 aliphatic rings. The molecule has 3 saturated heterocycles. The molecular weight excluding hydrogens is 753 g/mol. The molecule has 1 unspecified atom stereocenters. The van der Waals surface area contributed by atoms with Gasteiger partial charge in [-0.05, 0) is 93.6 Å². The summed E-state index contributed by atoms with van der Waals surface area (Å²) < 4.78 is 24.0. The van der Waals surface area contributed by atoms with Gasteiger partial charge in [0.2, 0.25) is 5.60 Å². The Labute approximate surface area is 346 Å². The van der Waals surface area contributed by atoms with Gasteiger partial charge in [0.05, 0.1) is 33.0 Å². The number of nitrogens with one attached hydrogen (secondary N) is 1. The molecule has 13 heteroatoms. The number of benzene rings is 2. The Morgan fingerprint density at radius 1 is 0.915 bits per heavy atom. The molecule has 5 aliphatic heterocycles. The lowest BCUT2D eigenvalue weighted by atomic mass is 9.46. The van der Waals surface area contributed by atoms with Crippen LogP contribution in [0.5, 0.6) is 5.75 Å². The normalized spacial score (nSPS) is 37.2. The summed E-state index contributed by atoms with van der Waals surface area (Å²) in [5, 5.41) is 26.4. The van der Waals surface area contributed by atoms with E-state index in [1.807, 2.05) is 43.1 Å². The zero-order valence-electron chi connectivity index (χ0n) is 35.6. The molecule has 2 aromatic carbocycles. The standard InChI is InChI=1S/C46H60N4O9/c1-8-42(54)23-28-24-45(40(52)57-6,36-30(15-19-49(25-28)26-42)29-13-10-11-14-33(29)47-36)32-21-31-34(22-35(32)56-5)48(4)38-44(31)16-12-18-50-20-17-43(9-2,37(44)50)39(59-27(3)51)46(38,55)41(53)58-7/h10-11,13-14,21-22,28,37-39,47,54-55H,8-9,12,15-20,23-26H2,1-7H3/t28-,37-,38+,39-,42+,43+,44+,45-,46-/m0/s1. The molecule has 3 N–H and O–H groups in total. The predicted octanol–water partition coefficient (Wildman–Crippen LogP) is 4.21. The minimum atomic E-state index is -2.25. The first-order valence-corrected chi connectivity index (χ1v) is 21.5. The molecule has 1 aliphatic carbocycles. The van der Waals surface area contributed by atoms with Crippen molar-refractivity contribution in [3.63, 3.8) is 0 Å². The largest absolute Gasteiger partial charge is 0.496 e. The number of ether oxygens (including phenoxy) is 4. The summed E-state index contributed by atoms with van der Waals surface area (Å²) >= 11 is 0. The number of anilines is 1. The summed E-state index contributed by atoms with van der Waals surface area (Å²) in [5.74, 6) is -1.46. The van der Waals surface area contributed by atoms with Crippen molar-refractivity contribution in [2.75, 3.05) is 66.0 Å². The minimum absolute atomic E-state index is 0.0898. The molecule has 3 aromatic rings. The molecule has 318 valence electrons. The highest BCUT2D eigenvalue weighted by atomic mass is 16.6. The van der Waals surface area contributed by atoms with E-state index >= 15 is 4.79 Å². The van der Waals surface area contributed by atoms with E-state index in [0.717, 1.165) is 46.4 Å². The fourth-order valence-corrected chi connectivity index (χ4v) is 14.0. The van der Waals surface area contributed by atoms with E-state index in [2.05, 4.69) is 33.8 Å². The number of methoxy groups -OCH3 is 3. The number of H-pyrrole nitrogens is 1. The molecule has 13 nitrogen and oxygen atoms in total. The molecule has 9 rings (SSSR count). The highest BCUT2D eigenvalue weighted by Gasteiger charge is 2.80. The van der Waals surface area contributed by atoms with Crippen molar-refractivity contribution >= 4 is 34.5 Å². The Kier molecular flexibility index (Phi) is 9.51. The van der Waals surface area contributed by atoms with Crippen molar-refractivity contribution < 1.29 is 43.5 Å². The van der Waals surface area contributed by atoms with Crippen LogP contribution in [-0.2, 0) is 45.8 Å². The first-order chi connectivity index (χ1) is 28.2. The van der Waals surface area contributed by atoms with Gasteiger partial charge in [-0.2, -0.15) is 0 Å². The Bertz CT molecular complexity index is 2210. The summed E-state index contributed by atoms with van der Waals surface area (Å²) in [6.07, 6.45) is 3.53. The van der Waals surface area contributed by atoms with Gasteiger partial charge < -0.3 is 39.0 Å². The number of likely N-dealkylation sites (N-methyl/N-ethyl adjacent to an activating group) is 1. The number of rotatable bonds is 7. The predicted molar refractivity (Wildman–Crippen MR) is 221 cm³/mol. The molecular formula is C46H60N4O9. The number of carbonyl (C=O) groups excluding carboxylic acids is 3. The first kappa shape index (κ1) is 40.2. The lowest BCUT2D eigenvalue weighted by molar-refractivity contribution is -0.237. The highest BCUT2D eigenvalue weighted by Crippen LogP contribution is 2.69. The smallest absolute Gasteiger partial charge is 0.344 e. The van der Waals surface area contributed by atoms with E-state index < -0.39 is 57.5 Å². The molecule has 2 bridgehead atoms. The molecule has 59 heavy (non-hydrogen) atoms. The van der Waals surface area contributed by atoms with Crippen molar-refractivity contribution in [1.82, 2.24) is 14.8 Å². The number of hydrogen-bond acceptors (Lipinski definition) is 12. The van der Waals surface area contributed by atoms with Crippen LogP contribution in [0.2, 0.25) is 0 Å². The maximum absolute atomic E-state index is 15.3. The lowest BCUT2D eigenvalue weighted by Gasteiger charge is -2.64. The van der Waals surface area contributed by atoms with Crippen LogP contribution in [0.3, 0.4) is 0 Å². The third-order valence-electron chi connectivity index (χ3n) is 16.0. The molecule has 10 atom stereocenters. The summed E-state index contributed by atoms with van der Waals surface area (Å²) in [4.78, 5) is 53.3. The minimum Gasteiger partial charge on any atom is -0.496 e. The second-order valence-electron chi connectivity index (χ2n) is 18.6. The molecule has 1 saturated carbocycles. The molecule has 1 spiro atoms. The van der Waals surface area contributed by atoms with Crippen molar-refractivity contribution in [2.24, 2.45) is 11.3 Å². The fourth-order valence-electron chi connectivity index (χ4n) is 14.0. The van der Waals surface area contributed by atoms with E-state index in [1.54, 1.807) is 7.11 Å². The molecule has 0 amide bonds. The van der Waals surface area contributed by atoms with Crippen molar-refractivity contribution in [3.05, 3.63) is 58.8 Å². The number of aromatic nitrogens is 1. The second-order valence-corrected chi connectivity index (χ2v) is 18.6. The second kappa shape index (κ2) is 13.9. The highest BCUT2D eigenvalue weighted by molar-refractivity contribution is 5.95. The SMILES string of the molecule is CC[C@@]1(O)C[C@@H]2CN(CCc3c([nH]c4ccccc34)[C@@](C(=O)OC)(c3cc4c(cc3OC)N(C)[C@H]3[C@@](O)(C(=O)OC)[C@@H](OC(C)=O)[C@]5(CC)CCN6CCC[C@]43[C@@H]65)C2)C1. The third kappa shape index (κ3) is 5.26. The lowest BCUT2D eigenvalue weighted by Crippen LogP contribution is -2.82. The van der Waals surface area contributed by atoms with E-state index in [0.29, 0.717) is 82.4 Å². The van der Waals surface area contributed by atoms with Gasteiger partial charge in [0.15, 0.2) is 6.10 Å². The van der Waals surface area contributed by atoms with Crippen LogP contribution in [0.1, 0.15) is 88.1 Å². The van der Waals surface area contributed by atoms with Crippen LogP contribution in [0, 0.1) is 11.3 Å². The summed E-state index contributed by atoms with van der Waals surface area (Å²) in [7, 11) is 6.21. The van der Waals surface area contributed by atoms with Crippen molar-refractivity contribution in [2.45, 2.75) is 112 Å². The van der Waals surface area contributed by atoms with Crippen LogP contribution in [0.25, 0.3) is 10.9 Å². The monoisotopic (exact) mass is 812 g/mol. The van der Waals surface area contributed by atoms with Gasteiger partial charge in [0.1, 0.15) is 11.2 Å². The van der Waals surface area contributed by atoms with Gasteiger partial charge in [0.25, 0.3) is 0 Å². The zero-order chi connectivity index (χ0) is 41.9. The molecule has 0 radical (unpaired) electrons. The maximum atomic E-state index is 15.3. The van der Waals surface area contributed by atoms with Gasteiger partial charge in [0, 0.05) is 84.4 Å². The Morgan fingerprint density at radius 2 is 1.68 bits per heavy atom. The number of piperidine rings is 2. The fraction of sp³-hybridized carbons (Fsp3) is 0.630. The molecule has 6 heterocycles. The van der Waals surface area contributed by atoms with Crippen molar-refractivity contribution in [3.8, 4) is 5.75 Å². The van der Waals surface area contributed by atoms with Gasteiger partial charge in [-0.25, -0.2) is 4.79 Å². The van der Waals surface area contributed by atoms with E-state index in [9.17, 15) is 19.8 Å². The summed E-state index contributed by atoms with van der Waals surface area (Å²) in [6, 6.07) is 11.1. The van der Waals surface area contributed by atoms with Gasteiger partial charge in [-0.1, -0.05) is 32.0 Å². The number of fused-ring (bicyclic) bond motifs is 6. The average Bonchev–Trinajstić information content (AvgIpc) is 3.89. The number of nitrogens with zero attached hydrogens (tertiary/aromatic N) is 3. The van der Waals surface area contributed by atoms with Crippen LogP contribution >= 0.6 is 0 Å². The van der Waals surface area contributed by atoms with Crippen LogP contribution < -0.4 is 9.64 Å².